The number of nitrogens with zero attached hydrogens (tertiary/aromatic N) is 3. The van der Waals surface area contributed by atoms with E-state index in [1.165, 1.54) is 128 Å². The van der Waals surface area contributed by atoms with Gasteiger partial charge in [0.25, 0.3) is 0 Å². The SMILES string of the molecule is CC(CC1Cc2ccc(-c3ccc4c(c3)c3cc(-c5ccc(N6c7ccc(C8C=Cc9c(c%10ccccc%10n9-c9ccccc9)C8)cc7C7C=CC=CC76)cc5)ccc3n4C3=CC=CCC3)cc2-c2ccccc21)c1ccccc1. The fourth-order valence-corrected chi connectivity index (χ4v) is 14.7. The first-order valence-corrected chi connectivity index (χ1v) is 29.0. The van der Waals surface area contributed by atoms with Gasteiger partial charge in [0.2, 0.25) is 0 Å². The lowest BCUT2D eigenvalue weighted by Crippen LogP contribution is -2.28. The summed E-state index contributed by atoms with van der Waals surface area (Å²) in [7, 11) is 0. The van der Waals surface area contributed by atoms with Crippen molar-refractivity contribution < 1.29 is 0 Å². The molecule has 0 spiro atoms. The Morgan fingerprint density at radius 1 is 0.512 bits per heavy atom. The van der Waals surface area contributed by atoms with Crippen molar-refractivity contribution in [3.8, 4) is 39.1 Å². The molecule has 4 aliphatic carbocycles. The molecule has 5 atom stereocenters. The van der Waals surface area contributed by atoms with Gasteiger partial charge in [0, 0.05) is 56.4 Å². The second-order valence-corrected chi connectivity index (χ2v) is 23.1. The van der Waals surface area contributed by atoms with Crippen molar-refractivity contribution in [2.75, 3.05) is 4.90 Å². The van der Waals surface area contributed by atoms with Crippen LogP contribution < -0.4 is 4.90 Å². The van der Waals surface area contributed by atoms with Crippen molar-refractivity contribution in [3.63, 3.8) is 0 Å². The van der Waals surface area contributed by atoms with Crippen LogP contribution in [0.2, 0.25) is 0 Å². The Morgan fingerprint density at radius 3 is 2.02 bits per heavy atom. The van der Waals surface area contributed by atoms with Crippen molar-refractivity contribution in [3.05, 3.63) is 294 Å². The summed E-state index contributed by atoms with van der Waals surface area (Å²) in [5.74, 6) is 1.55. The first kappa shape index (κ1) is 46.9. The van der Waals surface area contributed by atoms with E-state index in [1.54, 1.807) is 0 Å². The van der Waals surface area contributed by atoms with Gasteiger partial charge in [-0.15, -0.1) is 0 Å². The maximum absolute atomic E-state index is 2.57. The minimum Gasteiger partial charge on any atom is -0.333 e. The van der Waals surface area contributed by atoms with Gasteiger partial charge < -0.3 is 14.0 Å². The number of aromatic nitrogens is 2. The highest BCUT2D eigenvalue weighted by Crippen LogP contribution is 2.51. The molecule has 3 heterocycles. The molecule has 80 heavy (non-hydrogen) atoms. The average Bonchev–Trinajstić information content (AvgIpc) is 4.21. The molecule has 5 aliphatic rings. The lowest BCUT2D eigenvalue weighted by Gasteiger charge is -2.30. The van der Waals surface area contributed by atoms with Crippen LogP contribution in [0, 0.1) is 0 Å². The van der Waals surface area contributed by atoms with Gasteiger partial charge in [-0.2, -0.15) is 0 Å². The highest BCUT2D eigenvalue weighted by Gasteiger charge is 2.38. The summed E-state index contributed by atoms with van der Waals surface area (Å²) < 4.78 is 4.96. The quantitative estimate of drug-likeness (QED) is 0.140. The monoisotopic (exact) mass is 1030 g/mol. The molecular formula is C77H61N3. The van der Waals surface area contributed by atoms with Gasteiger partial charge in [-0.25, -0.2) is 0 Å². The topological polar surface area (TPSA) is 13.1 Å². The predicted octanol–water partition coefficient (Wildman–Crippen LogP) is 19.8. The van der Waals surface area contributed by atoms with Crippen LogP contribution in [0.3, 0.4) is 0 Å². The zero-order chi connectivity index (χ0) is 52.8. The summed E-state index contributed by atoms with van der Waals surface area (Å²) >= 11 is 0. The van der Waals surface area contributed by atoms with Gasteiger partial charge in [-0.1, -0.05) is 189 Å². The van der Waals surface area contributed by atoms with Crippen LogP contribution in [-0.4, -0.2) is 15.2 Å². The van der Waals surface area contributed by atoms with E-state index in [-0.39, 0.29) is 12.0 Å². The van der Waals surface area contributed by atoms with E-state index in [9.17, 15) is 0 Å². The predicted molar refractivity (Wildman–Crippen MR) is 336 cm³/mol. The molecule has 16 rings (SSSR count). The summed E-state index contributed by atoms with van der Waals surface area (Å²) in [6.45, 7) is 2.39. The minimum atomic E-state index is 0.213. The molecule has 0 radical (unpaired) electrons. The third-order valence-corrected chi connectivity index (χ3v) is 18.6. The zero-order valence-corrected chi connectivity index (χ0v) is 45.1. The molecule has 0 bridgehead atoms. The first-order valence-electron chi connectivity index (χ1n) is 29.0. The summed E-state index contributed by atoms with van der Waals surface area (Å²) in [6.07, 6.45) is 26.2. The maximum Gasteiger partial charge on any atom is 0.0629 e. The van der Waals surface area contributed by atoms with Crippen LogP contribution >= 0.6 is 0 Å². The van der Waals surface area contributed by atoms with Gasteiger partial charge in [0.15, 0.2) is 0 Å². The lowest BCUT2D eigenvalue weighted by atomic mass is 9.74. The number of hydrogen-bond acceptors (Lipinski definition) is 1. The third kappa shape index (κ3) is 7.70. The van der Waals surface area contributed by atoms with Crippen LogP contribution in [0.25, 0.3) is 83.5 Å². The van der Waals surface area contributed by atoms with Gasteiger partial charge in [0.1, 0.15) is 0 Å². The Bertz CT molecular complexity index is 4420. The van der Waals surface area contributed by atoms with Crippen LogP contribution in [0.4, 0.5) is 11.4 Å². The molecule has 0 fully saturated rings. The highest BCUT2D eigenvalue weighted by molar-refractivity contribution is 6.12. The molecule has 0 saturated heterocycles. The maximum atomic E-state index is 2.57. The fourth-order valence-electron chi connectivity index (χ4n) is 14.7. The molecule has 3 heteroatoms. The van der Waals surface area contributed by atoms with E-state index < -0.39 is 0 Å². The summed E-state index contributed by atoms with van der Waals surface area (Å²) in [6, 6.07) is 78.5. The Morgan fingerprint density at radius 2 is 1.21 bits per heavy atom. The second-order valence-electron chi connectivity index (χ2n) is 23.1. The molecule has 9 aromatic carbocycles. The number of benzene rings is 9. The summed E-state index contributed by atoms with van der Waals surface area (Å²) in [4.78, 5) is 2.57. The van der Waals surface area contributed by atoms with E-state index in [1.807, 2.05) is 0 Å². The lowest BCUT2D eigenvalue weighted by molar-refractivity contribution is 0.551. The molecule has 3 nitrogen and oxygen atoms in total. The summed E-state index contributed by atoms with van der Waals surface area (Å²) in [5.41, 5.74) is 26.5. The van der Waals surface area contributed by atoms with Crippen LogP contribution in [0.5, 0.6) is 0 Å². The van der Waals surface area contributed by atoms with Crippen molar-refractivity contribution in [1.29, 1.82) is 0 Å². The van der Waals surface area contributed by atoms with E-state index in [0.717, 1.165) is 32.1 Å². The summed E-state index contributed by atoms with van der Waals surface area (Å²) in [5, 5.41) is 3.92. The minimum absolute atomic E-state index is 0.213. The Kier molecular flexibility index (Phi) is 11.2. The van der Waals surface area contributed by atoms with Crippen molar-refractivity contribution in [2.24, 2.45) is 0 Å². The highest BCUT2D eigenvalue weighted by atomic mass is 15.2. The molecule has 11 aromatic rings. The Labute approximate surface area is 469 Å². The van der Waals surface area contributed by atoms with Crippen LogP contribution in [-0.2, 0) is 12.8 Å². The molecule has 0 N–H and O–H groups in total. The molecule has 384 valence electrons. The third-order valence-electron chi connectivity index (χ3n) is 18.6. The van der Waals surface area contributed by atoms with Gasteiger partial charge in [0.05, 0.1) is 22.6 Å². The van der Waals surface area contributed by atoms with Crippen LogP contribution in [0.1, 0.15) is 88.9 Å². The standard InChI is InChI=1S/C77H61N3/c1-50(51-17-5-2-6-18-51)43-59-44-58-30-29-54(45-67(58)64-24-12-11-23-63(59)64)57-36-42-77-71(49-57)70-46-53(33-39-76(70)79(77)61-21-9-4-10-22-61)52-31-37-62(38-32-52)80-73-28-16-14-26-66(73)69-48-56(35-41-75(69)80)55-34-40-74-68(47-55)65-25-13-15-27-72(65)78(74)60-19-7-3-8-20-60/h2-9,11-21,23-42,45-46,48-50,55,59,66,73H,10,22,43-44,47H2,1H3. The zero-order valence-electron chi connectivity index (χ0n) is 45.1. The van der Waals surface area contributed by atoms with Crippen LogP contribution in [0.15, 0.2) is 255 Å². The molecular weight excluding hydrogens is 967 g/mol. The van der Waals surface area contributed by atoms with Gasteiger partial charge >= 0.3 is 0 Å². The van der Waals surface area contributed by atoms with Gasteiger partial charge in [-0.3, -0.25) is 0 Å². The number of hydrogen-bond donors (Lipinski definition) is 0. The largest absolute Gasteiger partial charge is 0.333 e. The number of fused-ring (bicyclic) bond motifs is 12. The fraction of sp³-hybridized carbons (Fsp3) is 0.143. The van der Waals surface area contributed by atoms with Crippen molar-refractivity contribution in [1.82, 2.24) is 9.13 Å². The average molecular weight is 1030 g/mol. The van der Waals surface area contributed by atoms with Crippen molar-refractivity contribution in [2.45, 2.75) is 68.7 Å². The second kappa shape index (κ2) is 19.0. The van der Waals surface area contributed by atoms with E-state index in [4.69, 9.17) is 0 Å². The molecule has 0 amide bonds. The Balaban J connectivity index is 0.719. The first-order chi connectivity index (χ1) is 39.6. The van der Waals surface area contributed by atoms with Gasteiger partial charge in [-0.05, 0) is 190 Å². The number of rotatable bonds is 9. The Hall–Kier alpha value is -9.18. The molecule has 2 aromatic heterocycles. The van der Waals surface area contributed by atoms with E-state index in [2.05, 4.69) is 282 Å². The van der Waals surface area contributed by atoms with E-state index in [0.29, 0.717) is 17.8 Å². The molecule has 0 saturated carbocycles. The molecule has 5 unspecified atom stereocenters. The number of allylic oxidation sites excluding steroid dienone is 7. The normalized spacial score (nSPS) is 19.0. The molecule has 1 aliphatic heterocycles. The smallest absolute Gasteiger partial charge is 0.0629 e. The number of anilines is 2. The number of para-hydroxylation sites is 2. The van der Waals surface area contributed by atoms with E-state index >= 15 is 0 Å². The van der Waals surface area contributed by atoms with Crippen molar-refractivity contribution >= 4 is 55.9 Å².